The number of allylic oxidation sites excluding steroid dienone is 2. The molecule has 0 N–H and O–H groups in total. The van der Waals surface area contributed by atoms with Gasteiger partial charge in [0.15, 0.2) is 0 Å². The molecule has 0 heteroatoms. The van der Waals surface area contributed by atoms with E-state index in [0.717, 1.165) is 5.57 Å². The Labute approximate surface area is 33.5 Å². The van der Waals surface area contributed by atoms with Crippen molar-refractivity contribution in [1.29, 1.82) is 0 Å². The number of hydrogen-bond acceptors (Lipinski definition) is 0. The normalized spacial score (nSPS) is 12.2. The minimum Gasteiger partial charge on any atom is -0.0698 e. The van der Waals surface area contributed by atoms with Crippen LogP contribution in [0.1, 0.15) is 13.8 Å². The third-order valence-corrected chi connectivity index (χ3v) is 0.427. The minimum absolute atomic E-state index is 1.00. The van der Waals surface area contributed by atoms with Crippen LogP contribution in [0.5, 0.6) is 0 Å². The van der Waals surface area contributed by atoms with E-state index in [0.29, 0.717) is 0 Å². The molecule has 0 aliphatic carbocycles. The molecule has 0 bridgehead atoms. The summed E-state index contributed by atoms with van der Waals surface area (Å²) in [6.07, 6.45) is 2.83. The smallest absolute Gasteiger partial charge is 0.0280 e. The summed E-state index contributed by atoms with van der Waals surface area (Å²) in [4.78, 5) is 0. The SMILES string of the molecule is [CH2]/C(C)=[C]\C. The second kappa shape index (κ2) is 2.01. The third-order valence-electron chi connectivity index (χ3n) is 0.427. The second-order valence-corrected chi connectivity index (χ2v) is 1.03. The molecule has 0 aliphatic heterocycles. The van der Waals surface area contributed by atoms with Crippen LogP contribution >= 0.6 is 0 Å². The molecule has 0 spiro atoms. The molecule has 0 atom stereocenters. The summed E-state index contributed by atoms with van der Waals surface area (Å²) < 4.78 is 0. The fraction of sp³-hybridized carbons (Fsp3) is 0.400. The molecule has 0 nitrogen and oxygen atoms in total. The Hall–Kier alpha value is -0.260. The topological polar surface area (TPSA) is 0 Å². The highest BCUT2D eigenvalue weighted by molar-refractivity contribution is 4.92. The van der Waals surface area contributed by atoms with Crippen molar-refractivity contribution < 1.29 is 0 Å². The van der Waals surface area contributed by atoms with E-state index in [1.807, 2.05) is 13.8 Å². The molecule has 0 aliphatic rings. The fourth-order valence-electron chi connectivity index (χ4n) is 0. The van der Waals surface area contributed by atoms with E-state index in [4.69, 9.17) is 0 Å². The van der Waals surface area contributed by atoms with Crippen molar-refractivity contribution in [2.24, 2.45) is 0 Å². The zero-order valence-corrected chi connectivity index (χ0v) is 3.71. The molecule has 0 unspecified atom stereocenters. The van der Waals surface area contributed by atoms with Crippen LogP contribution in [-0.4, -0.2) is 0 Å². The molecule has 0 saturated heterocycles. The highest BCUT2D eigenvalue weighted by Gasteiger charge is 1.62. The summed E-state index contributed by atoms with van der Waals surface area (Å²) in [5.74, 6) is 0. The standard InChI is InChI=1S/C5H8/c1-4-5(2)3/h2H2,1,3H3. The molecule has 0 amide bonds. The Bertz CT molecular complexity index is 38.0. The maximum atomic E-state index is 3.56. The van der Waals surface area contributed by atoms with E-state index in [9.17, 15) is 0 Å². The molecule has 0 rings (SSSR count). The van der Waals surface area contributed by atoms with Gasteiger partial charge in [-0.2, -0.15) is 0 Å². The first-order chi connectivity index (χ1) is 2.27. The van der Waals surface area contributed by atoms with Crippen molar-refractivity contribution in [1.82, 2.24) is 0 Å². The summed E-state index contributed by atoms with van der Waals surface area (Å²) >= 11 is 0. The average molecular weight is 68.1 g/mol. The first-order valence-corrected chi connectivity index (χ1v) is 1.60. The lowest BCUT2D eigenvalue weighted by Crippen LogP contribution is -1.54. The number of rotatable bonds is 0. The van der Waals surface area contributed by atoms with Gasteiger partial charge in [0.1, 0.15) is 0 Å². The Morgan fingerprint density at radius 1 is 1.80 bits per heavy atom. The van der Waals surface area contributed by atoms with Crippen LogP contribution in [0.4, 0.5) is 0 Å². The van der Waals surface area contributed by atoms with E-state index < -0.39 is 0 Å². The summed E-state index contributed by atoms with van der Waals surface area (Å²) in [6.45, 7) is 7.33. The molecule has 0 heterocycles. The quantitative estimate of drug-likeness (QED) is 0.404. The van der Waals surface area contributed by atoms with Gasteiger partial charge in [-0.1, -0.05) is 5.57 Å². The predicted octanol–water partition coefficient (Wildman–Crippen LogP) is 1.59. The van der Waals surface area contributed by atoms with Crippen LogP contribution in [0.3, 0.4) is 0 Å². The van der Waals surface area contributed by atoms with Gasteiger partial charge in [0, 0.05) is 0 Å². The van der Waals surface area contributed by atoms with Gasteiger partial charge in [0.25, 0.3) is 0 Å². The van der Waals surface area contributed by atoms with Crippen molar-refractivity contribution in [3.05, 3.63) is 18.6 Å². The molecule has 28 valence electrons. The third kappa shape index (κ3) is 3.74. The van der Waals surface area contributed by atoms with Crippen LogP contribution in [0.25, 0.3) is 0 Å². The lowest BCUT2D eigenvalue weighted by molar-refractivity contribution is 1.44. The Morgan fingerprint density at radius 2 is 2.00 bits per heavy atom. The largest absolute Gasteiger partial charge is 0.0698 e. The molecular formula is C5H8. The molecule has 0 aromatic heterocycles. The van der Waals surface area contributed by atoms with E-state index in [1.54, 1.807) is 0 Å². The van der Waals surface area contributed by atoms with Crippen molar-refractivity contribution in [3.8, 4) is 0 Å². The molecular weight excluding hydrogens is 60.1 g/mol. The highest BCUT2D eigenvalue weighted by Crippen LogP contribution is 1.80. The minimum atomic E-state index is 1.00. The van der Waals surface area contributed by atoms with Crippen molar-refractivity contribution in [2.45, 2.75) is 13.8 Å². The average Bonchev–Trinajstić information content (AvgIpc) is 1.38. The Kier molecular flexibility index (Phi) is 1.90. The van der Waals surface area contributed by atoms with E-state index in [2.05, 4.69) is 13.0 Å². The van der Waals surface area contributed by atoms with Gasteiger partial charge in [-0.3, -0.25) is 0 Å². The first kappa shape index (κ1) is 4.74. The lowest BCUT2D eigenvalue weighted by atomic mass is 10.3. The summed E-state index contributed by atoms with van der Waals surface area (Å²) in [6, 6.07) is 0. The van der Waals surface area contributed by atoms with Gasteiger partial charge in [-0.25, -0.2) is 0 Å². The van der Waals surface area contributed by atoms with Gasteiger partial charge >= 0.3 is 0 Å². The van der Waals surface area contributed by atoms with Gasteiger partial charge in [-0.05, 0) is 26.8 Å². The Morgan fingerprint density at radius 3 is 2.00 bits per heavy atom. The van der Waals surface area contributed by atoms with Crippen LogP contribution < -0.4 is 0 Å². The summed E-state index contributed by atoms with van der Waals surface area (Å²) in [5, 5.41) is 0. The van der Waals surface area contributed by atoms with Crippen LogP contribution in [0.2, 0.25) is 0 Å². The molecule has 0 aromatic carbocycles. The van der Waals surface area contributed by atoms with Crippen molar-refractivity contribution >= 4 is 0 Å². The predicted molar refractivity (Wildman–Crippen MR) is 23.5 cm³/mol. The van der Waals surface area contributed by atoms with Crippen LogP contribution in [-0.2, 0) is 0 Å². The molecule has 2 radical (unpaired) electrons. The van der Waals surface area contributed by atoms with Crippen LogP contribution in [0.15, 0.2) is 5.57 Å². The van der Waals surface area contributed by atoms with Crippen LogP contribution in [0, 0.1) is 13.0 Å². The van der Waals surface area contributed by atoms with Gasteiger partial charge < -0.3 is 0 Å². The second-order valence-electron chi connectivity index (χ2n) is 1.03. The van der Waals surface area contributed by atoms with E-state index >= 15 is 0 Å². The van der Waals surface area contributed by atoms with Gasteiger partial charge in [0.05, 0.1) is 0 Å². The zero-order valence-electron chi connectivity index (χ0n) is 3.71. The zero-order chi connectivity index (χ0) is 4.28. The summed E-state index contributed by atoms with van der Waals surface area (Å²) in [7, 11) is 0. The molecule has 5 heavy (non-hydrogen) atoms. The number of hydrogen-bond donors (Lipinski definition) is 0. The van der Waals surface area contributed by atoms with Crippen molar-refractivity contribution in [2.75, 3.05) is 0 Å². The highest BCUT2D eigenvalue weighted by atomic mass is 13.7. The Balaban J connectivity index is 3.14. The maximum absolute atomic E-state index is 3.56. The van der Waals surface area contributed by atoms with Gasteiger partial charge in [-0.15, -0.1) is 0 Å². The van der Waals surface area contributed by atoms with E-state index in [1.165, 1.54) is 0 Å². The molecule has 0 aromatic rings. The fourth-order valence-corrected chi connectivity index (χ4v) is 0. The molecule has 0 fully saturated rings. The monoisotopic (exact) mass is 68.1 g/mol. The lowest BCUT2D eigenvalue weighted by Gasteiger charge is -1.72. The first-order valence-electron chi connectivity index (χ1n) is 1.60. The molecule has 0 saturated carbocycles. The summed E-state index contributed by atoms with van der Waals surface area (Å²) in [5.41, 5.74) is 1.00. The van der Waals surface area contributed by atoms with Gasteiger partial charge in [0.2, 0.25) is 0 Å². The van der Waals surface area contributed by atoms with E-state index in [-0.39, 0.29) is 0 Å². The maximum Gasteiger partial charge on any atom is -0.0280 e. The van der Waals surface area contributed by atoms with Crippen molar-refractivity contribution in [3.63, 3.8) is 0 Å².